The molecule has 2 aromatic carbocycles. The third-order valence-corrected chi connectivity index (χ3v) is 5.08. The number of nitrogens with one attached hydrogen (secondary N) is 2. The van der Waals surface area contributed by atoms with E-state index in [2.05, 4.69) is 20.8 Å². The van der Waals surface area contributed by atoms with Crippen LogP contribution < -0.4 is 10.9 Å². The van der Waals surface area contributed by atoms with Gasteiger partial charge in [-0.2, -0.15) is 0 Å². The van der Waals surface area contributed by atoms with E-state index in [1.807, 2.05) is 41.8 Å². The number of fused-ring (bicyclic) bond motifs is 1. The van der Waals surface area contributed by atoms with Crippen LogP contribution in [-0.2, 0) is 0 Å². The quantitative estimate of drug-likeness (QED) is 0.341. The van der Waals surface area contributed by atoms with E-state index in [-0.39, 0.29) is 5.91 Å². The topological polar surface area (TPSA) is 66.4 Å². The monoisotopic (exact) mass is 406 g/mol. The Morgan fingerprint density at radius 1 is 1.11 bits per heavy atom. The molecule has 0 radical (unpaired) electrons. The van der Waals surface area contributed by atoms with Gasteiger partial charge in [0.1, 0.15) is 0 Å². The van der Waals surface area contributed by atoms with Gasteiger partial charge >= 0.3 is 0 Å². The Hall–Kier alpha value is -3.22. The highest BCUT2D eigenvalue weighted by atomic mass is 35.5. The number of para-hydroxylation sites is 1. The molecule has 0 fully saturated rings. The summed E-state index contributed by atoms with van der Waals surface area (Å²) in [6, 6.07) is 18.3. The van der Waals surface area contributed by atoms with Gasteiger partial charge in [-0.1, -0.05) is 29.8 Å². The van der Waals surface area contributed by atoms with E-state index in [0.29, 0.717) is 16.3 Å². The smallest absolute Gasteiger partial charge is 0.271 e. The van der Waals surface area contributed by atoms with Crippen molar-refractivity contribution in [3.63, 3.8) is 0 Å². The molecule has 1 amide bonds. The van der Waals surface area contributed by atoms with Gasteiger partial charge in [-0.05, 0) is 47.8 Å². The Labute approximate surface area is 170 Å². The lowest BCUT2D eigenvalue weighted by atomic mass is 10.1. The molecule has 0 aliphatic heterocycles. The number of nitrogens with zero attached hydrogens (tertiary/aromatic N) is 2. The summed E-state index contributed by atoms with van der Waals surface area (Å²) in [6.07, 6.45) is 3.41. The predicted molar refractivity (Wildman–Crippen MR) is 116 cm³/mol. The third-order valence-electron chi connectivity index (χ3n) is 4.04. The third kappa shape index (κ3) is 4.03. The molecule has 0 unspecified atom stereocenters. The first-order chi connectivity index (χ1) is 13.7. The van der Waals surface area contributed by atoms with E-state index in [0.717, 1.165) is 21.5 Å². The second-order valence-corrected chi connectivity index (χ2v) is 7.31. The van der Waals surface area contributed by atoms with Gasteiger partial charge in [0, 0.05) is 27.7 Å². The standard InChI is InChI=1S/C21H15ClN4OS/c22-14-7-8-16-19(9-10-23-20(16)12-14)25-26-21(27)17-5-1-2-6-18(17)24-13-15-4-3-11-28-15/h1-13H,(H,23,25)(H,26,27). The second kappa shape index (κ2) is 8.21. The van der Waals surface area contributed by atoms with Gasteiger partial charge in [-0.25, -0.2) is 0 Å². The number of halogens is 1. The van der Waals surface area contributed by atoms with Gasteiger partial charge in [0.15, 0.2) is 0 Å². The Kier molecular flexibility index (Phi) is 5.32. The van der Waals surface area contributed by atoms with Crippen LogP contribution in [0.25, 0.3) is 10.9 Å². The molecule has 138 valence electrons. The Morgan fingerprint density at radius 3 is 2.86 bits per heavy atom. The molecule has 0 atom stereocenters. The summed E-state index contributed by atoms with van der Waals surface area (Å²) in [6.45, 7) is 0. The number of hydrogen-bond donors (Lipinski definition) is 2. The number of rotatable bonds is 5. The van der Waals surface area contributed by atoms with Crippen LogP contribution in [0.1, 0.15) is 15.2 Å². The summed E-state index contributed by atoms with van der Waals surface area (Å²) in [5.41, 5.74) is 8.25. The average molecular weight is 407 g/mol. The van der Waals surface area contributed by atoms with Gasteiger partial charge in [-0.3, -0.25) is 25.6 Å². The van der Waals surface area contributed by atoms with E-state index >= 15 is 0 Å². The number of amides is 1. The zero-order valence-corrected chi connectivity index (χ0v) is 16.2. The van der Waals surface area contributed by atoms with Crippen molar-refractivity contribution in [3.8, 4) is 0 Å². The van der Waals surface area contributed by atoms with Crippen molar-refractivity contribution in [2.45, 2.75) is 0 Å². The summed E-state index contributed by atoms with van der Waals surface area (Å²) in [5.74, 6) is -0.280. The van der Waals surface area contributed by atoms with E-state index < -0.39 is 0 Å². The number of thiophene rings is 1. The zero-order valence-electron chi connectivity index (χ0n) is 14.6. The first kappa shape index (κ1) is 18.2. The zero-order chi connectivity index (χ0) is 19.3. The van der Waals surface area contributed by atoms with Crippen molar-refractivity contribution in [3.05, 3.63) is 87.7 Å². The minimum absolute atomic E-state index is 0.280. The molecule has 2 N–H and O–H groups in total. The maximum absolute atomic E-state index is 12.7. The summed E-state index contributed by atoms with van der Waals surface area (Å²) < 4.78 is 0. The van der Waals surface area contributed by atoms with Crippen molar-refractivity contribution < 1.29 is 4.79 Å². The number of anilines is 1. The molecule has 4 rings (SSSR count). The molecule has 0 aliphatic carbocycles. The number of aliphatic imine (C=N–C) groups is 1. The number of carbonyl (C=O) groups excluding carboxylic acids is 1. The molecule has 2 heterocycles. The van der Waals surface area contributed by atoms with Gasteiger partial charge < -0.3 is 0 Å². The van der Waals surface area contributed by atoms with Crippen LogP contribution in [0.5, 0.6) is 0 Å². The summed E-state index contributed by atoms with van der Waals surface area (Å²) in [5, 5.41) is 3.45. The molecule has 0 spiro atoms. The van der Waals surface area contributed by atoms with Gasteiger partial charge in [-0.15, -0.1) is 11.3 Å². The van der Waals surface area contributed by atoms with Gasteiger partial charge in [0.05, 0.1) is 22.5 Å². The van der Waals surface area contributed by atoms with Crippen LogP contribution in [-0.4, -0.2) is 17.1 Å². The lowest BCUT2D eigenvalue weighted by Gasteiger charge is -2.12. The van der Waals surface area contributed by atoms with Crippen molar-refractivity contribution in [2.24, 2.45) is 4.99 Å². The van der Waals surface area contributed by atoms with Crippen LogP contribution in [0.2, 0.25) is 5.02 Å². The maximum atomic E-state index is 12.7. The van der Waals surface area contributed by atoms with E-state index in [4.69, 9.17) is 11.6 Å². The van der Waals surface area contributed by atoms with Crippen molar-refractivity contribution in [1.29, 1.82) is 0 Å². The molecule has 0 bridgehead atoms. The molecule has 0 aliphatic rings. The number of carbonyl (C=O) groups is 1. The minimum atomic E-state index is -0.280. The molecule has 4 aromatic rings. The Morgan fingerprint density at radius 2 is 2.00 bits per heavy atom. The molecule has 5 nitrogen and oxygen atoms in total. The van der Waals surface area contributed by atoms with Crippen molar-refractivity contribution in [2.75, 3.05) is 5.43 Å². The second-order valence-electron chi connectivity index (χ2n) is 5.89. The van der Waals surface area contributed by atoms with Crippen LogP contribution >= 0.6 is 22.9 Å². The number of pyridine rings is 1. The van der Waals surface area contributed by atoms with Crippen LogP contribution in [0.3, 0.4) is 0 Å². The number of aromatic nitrogens is 1. The van der Waals surface area contributed by atoms with Crippen LogP contribution in [0.4, 0.5) is 11.4 Å². The fraction of sp³-hybridized carbons (Fsp3) is 0. The molecule has 7 heteroatoms. The van der Waals surface area contributed by atoms with Crippen LogP contribution in [0, 0.1) is 0 Å². The van der Waals surface area contributed by atoms with Gasteiger partial charge in [0.25, 0.3) is 5.91 Å². The van der Waals surface area contributed by atoms with E-state index in [9.17, 15) is 4.79 Å². The predicted octanol–water partition coefficient (Wildman–Crippen LogP) is 5.46. The lowest BCUT2D eigenvalue weighted by molar-refractivity contribution is 0.0963. The SMILES string of the molecule is O=C(NNc1ccnc2cc(Cl)ccc12)c1ccccc1N=Cc1cccs1. The van der Waals surface area contributed by atoms with Crippen molar-refractivity contribution in [1.82, 2.24) is 10.4 Å². The fourth-order valence-electron chi connectivity index (χ4n) is 2.70. The highest BCUT2D eigenvalue weighted by Gasteiger charge is 2.11. The Bertz CT molecular complexity index is 1160. The highest BCUT2D eigenvalue weighted by Crippen LogP contribution is 2.24. The molecular formula is C21H15ClN4OS. The molecule has 0 saturated carbocycles. The molecular weight excluding hydrogens is 392 g/mol. The van der Waals surface area contributed by atoms with Gasteiger partial charge in [0.2, 0.25) is 0 Å². The number of hydrogen-bond acceptors (Lipinski definition) is 5. The fourth-order valence-corrected chi connectivity index (χ4v) is 3.45. The summed E-state index contributed by atoms with van der Waals surface area (Å²) in [7, 11) is 0. The highest BCUT2D eigenvalue weighted by molar-refractivity contribution is 7.11. The van der Waals surface area contributed by atoms with Crippen LogP contribution in [0.15, 0.2) is 77.2 Å². The first-order valence-electron chi connectivity index (χ1n) is 8.48. The summed E-state index contributed by atoms with van der Waals surface area (Å²) >= 11 is 7.61. The minimum Gasteiger partial charge on any atom is -0.298 e. The van der Waals surface area contributed by atoms with Crippen molar-refractivity contribution >= 4 is 57.3 Å². The largest absolute Gasteiger partial charge is 0.298 e. The average Bonchev–Trinajstić information content (AvgIpc) is 3.24. The first-order valence-corrected chi connectivity index (χ1v) is 9.74. The maximum Gasteiger partial charge on any atom is 0.271 e. The lowest BCUT2D eigenvalue weighted by Crippen LogP contribution is -2.29. The normalized spacial score (nSPS) is 11.0. The number of benzene rings is 2. The summed E-state index contributed by atoms with van der Waals surface area (Å²) in [4.78, 5) is 22.5. The van der Waals surface area contributed by atoms with E-state index in [1.165, 1.54) is 0 Å². The van der Waals surface area contributed by atoms with E-state index in [1.54, 1.807) is 48.0 Å². The molecule has 28 heavy (non-hydrogen) atoms. The molecule has 0 saturated heterocycles. The number of hydrazine groups is 1. The molecule has 2 aromatic heterocycles. The Balaban J connectivity index is 1.54.